The van der Waals surface area contributed by atoms with Crippen LogP contribution in [0.4, 0.5) is 0 Å². The second kappa shape index (κ2) is 23.2. The highest BCUT2D eigenvalue weighted by molar-refractivity contribution is 6.06. The Hall–Kier alpha value is -2.55. The van der Waals surface area contributed by atoms with Gasteiger partial charge in [0.2, 0.25) is 0 Å². The lowest BCUT2D eigenvalue weighted by Crippen LogP contribution is -1.99. The van der Waals surface area contributed by atoms with Gasteiger partial charge in [-0.05, 0) is 60.9 Å². The summed E-state index contributed by atoms with van der Waals surface area (Å²) in [7, 11) is 0. The van der Waals surface area contributed by atoms with Gasteiger partial charge in [-0.1, -0.05) is 135 Å². The van der Waals surface area contributed by atoms with Crippen molar-refractivity contribution in [2.75, 3.05) is 13.2 Å². The number of allylic oxidation sites excluding steroid dienone is 1. The Bertz CT molecular complexity index is 898. The van der Waals surface area contributed by atoms with Gasteiger partial charge in [0.25, 0.3) is 0 Å². The maximum Gasteiger partial charge on any atom is 0.185 e. The molecule has 0 bridgehead atoms. The summed E-state index contributed by atoms with van der Waals surface area (Å²) in [6, 6.07) is 15.4. The highest BCUT2D eigenvalue weighted by atomic mass is 16.5. The topological polar surface area (TPSA) is 35.5 Å². The van der Waals surface area contributed by atoms with E-state index in [4.69, 9.17) is 9.47 Å². The highest BCUT2D eigenvalue weighted by Crippen LogP contribution is 2.17. The van der Waals surface area contributed by atoms with Gasteiger partial charge in [-0.3, -0.25) is 4.79 Å². The summed E-state index contributed by atoms with van der Waals surface area (Å²) < 4.78 is 11.7. The Kier molecular flexibility index (Phi) is 19.5. The second-order valence-electron chi connectivity index (χ2n) is 11.1. The first-order valence-electron chi connectivity index (χ1n) is 16.4. The summed E-state index contributed by atoms with van der Waals surface area (Å²) in [6.07, 6.45) is 27.2. The molecule has 0 aromatic heterocycles. The maximum atomic E-state index is 12.6. The van der Waals surface area contributed by atoms with E-state index >= 15 is 0 Å². The van der Waals surface area contributed by atoms with Crippen LogP contribution in [-0.4, -0.2) is 19.0 Å². The van der Waals surface area contributed by atoms with E-state index in [9.17, 15) is 4.79 Å². The summed E-state index contributed by atoms with van der Waals surface area (Å²) in [6.45, 7) is 6.02. The average Bonchev–Trinajstić information content (AvgIpc) is 2.98. The SMILES string of the molecule is CCCCCCCCCCCCCCOc1ccc(/C=C/C(=O)c2ccc(OCCCCCCCC)cc2)cc1. The normalized spacial score (nSPS) is 11.2. The van der Waals surface area contributed by atoms with Crippen LogP contribution in [0, 0.1) is 0 Å². The minimum atomic E-state index is -0.00484. The van der Waals surface area contributed by atoms with Gasteiger partial charge in [0.15, 0.2) is 5.78 Å². The third kappa shape index (κ3) is 16.5. The maximum absolute atomic E-state index is 12.6. The Morgan fingerprint density at radius 1 is 0.525 bits per heavy atom. The minimum absolute atomic E-state index is 0.00484. The molecule has 3 nitrogen and oxygen atoms in total. The molecule has 2 aromatic carbocycles. The van der Waals surface area contributed by atoms with E-state index in [1.165, 1.54) is 103 Å². The number of hydrogen-bond acceptors (Lipinski definition) is 3. The summed E-state index contributed by atoms with van der Waals surface area (Å²) >= 11 is 0. The molecule has 0 unspecified atom stereocenters. The van der Waals surface area contributed by atoms with Crippen LogP contribution >= 0.6 is 0 Å². The third-order valence-electron chi connectivity index (χ3n) is 7.48. The number of carbonyl (C=O) groups excluding carboxylic acids is 1. The van der Waals surface area contributed by atoms with E-state index in [1.54, 1.807) is 6.08 Å². The van der Waals surface area contributed by atoms with Gasteiger partial charge >= 0.3 is 0 Å². The number of benzene rings is 2. The van der Waals surface area contributed by atoms with Gasteiger partial charge in [0.1, 0.15) is 11.5 Å². The molecule has 2 rings (SSSR count). The Morgan fingerprint density at radius 3 is 1.32 bits per heavy atom. The molecule has 0 saturated heterocycles. The van der Waals surface area contributed by atoms with Gasteiger partial charge in [0.05, 0.1) is 13.2 Å². The van der Waals surface area contributed by atoms with Crippen molar-refractivity contribution in [1.29, 1.82) is 0 Å². The quantitative estimate of drug-likeness (QED) is 0.0703. The number of rotatable bonds is 25. The molecule has 222 valence electrons. The zero-order valence-electron chi connectivity index (χ0n) is 25.6. The van der Waals surface area contributed by atoms with E-state index in [1.807, 2.05) is 54.6 Å². The van der Waals surface area contributed by atoms with Crippen molar-refractivity contribution in [3.63, 3.8) is 0 Å². The standard InChI is InChI=1S/C37H56O3/c1-3-5-7-9-11-12-13-14-15-16-18-20-31-39-35-26-21-33(22-27-35)23-30-37(38)34-24-28-36(29-25-34)40-32-19-17-10-8-6-4-2/h21-30H,3-20,31-32H2,1-2H3/b30-23+. The van der Waals surface area contributed by atoms with Crippen LogP contribution in [0.1, 0.15) is 145 Å². The summed E-state index contributed by atoms with van der Waals surface area (Å²) in [4.78, 5) is 12.6. The molecule has 0 heterocycles. The number of ketones is 1. The fourth-order valence-electron chi connectivity index (χ4n) is 4.86. The van der Waals surface area contributed by atoms with Crippen molar-refractivity contribution in [3.8, 4) is 11.5 Å². The molecular formula is C37H56O3. The van der Waals surface area contributed by atoms with Crippen molar-refractivity contribution < 1.29 is 14.3 Å². The van der Waals surface area contributed by atoms with Crippen molar-refractivity contribution in [1.82, 2.24) is 0 Å². The van der Waals surface area contributed by atoms with Crippen LogP contribution in [0.15, 0.2) is 54.6 Å². The van der Waals surface area contributed by atoms with E-state index in [0.717, 1.165) is 43.1 Å². The predicted octanol–water partition coefficient (Wildman–Crippen LogP) is 11.4. The number of unbranched alkanes of at least 4 members (excludes halogenated alkanes) is 16. The molecule has 0 saturated carbocycles. The fourth-order valence-corrected chi connectivity index (χ4v) is 4.86. The lowest BCUT2D eigenvalue weighted by molar-refractivity contribution is 0.104. The van der Waals surface area contributed by atoms with E-state index in [0.29, 0.717) is 5.56 Å². The molecule has 0 N–H and O–H groups in total. The van der Waals surface area contributed by atoms with Gasteiger partial charge in [0, 0.05) is 5.56 Å². The first-order valence-corrected chi connectivity index (χ1v) is 16.4. The van der Waals surface area contributed by atoms with Gasteiger partial charge < -0.3 is 9.47 Å². The first-order chi connectivity index (χ1) is 19.7. The molecule has 2 aromatic rings. The monoisotopic (exact) mass is 548 g/mol. The molecule has 0 amide bonds. The molecular weight excluding hydrogens is 492 g/mol. The Balaban J connectivity index is 1.54. The van der Waals surface area contributed by atoms with Gasteiger partial charge in [-0.15, -0.1) is 0 Å². The Labute approximate surface area is 245 Å². The molecule has 0 atom stereocenters. The average molecular weight is 549 g/mol. The van der Waals surface area contributed by atoms with Crippen molar-refractivity contribution in [2.45, 2.75) is 129 Å². The molecule has 0 aliphatic heterocycles. The summed E-state index contributed by atoms with van der Waals surface area (Å²) in [5.74, 6) is 1.71. The van der Waals surface area contributed by atoms with Crippen LogP contribution in [0.2, 0.25) is 0 Å². The second-order valence-corrected chi connectivity index (χ2v) is 11.1. The number of hydrogen-bond donors (Lipinski definition) is 0. The van der Waals surface area contributed by atoms with Crippen LogP contribution in [0.25, 0.3) is 6.08 Å². The molecule has 0 radical (unpaired) electrons. The van der Waals surface area contributed by atoms with Crippen molar-refractivity contribution in [2.24, 2.45) is 0 Å². The molecule has 0 aliphatic carbocycles. The molecule has 0 aliphatic rings. The van der Waals surface area contributed by atoms with E-state index < -0.39 is 0 Å². The molecule has 3 heteroatoms. The number of carbonyl (C=O) groups is 1. The smallest absolute Gasteiger partial charge is 0.185 e. The van der Waals surface area contributed by atoms with Crippen LogP contribution in [0.5, 0.6) is 11.5 Å². The van der Waals surface area contributed by atoms with Gasteiger partial charge in [-0.25, -0.2) is 0 Å². The minimum Gasteiger partial charge on any atom is -0.494 e. The third-order valence-corrected chi connectivity index (χ3v) is 7.48. The molecule has 0 fully saturated rings. The van der Waals surface area contributed by atoms with Crippen LogP contribution in [-0.2, 0) is 0 Å². The zero-order valence-corrected chi connectivity index (χ0v) is 25.6. The predicted molar refractivity (Wildman–Crippen MR) is 172 cm³/mol. The Morgan fingerprint density at radius 2 is 0.900 bits per heavy atom. The van der Waals surface area contributed by atoms with Crippen molar-refractivity contribution in [3.05, 3.63) is 65.7 Å². The van der Waals surface area contributed by atoms with Gasteiger partial charge in [-0.2, -0.15) is 0 Å². The van der Waals surface area contributed by atoms with Crippen LogP contribution < -0.4 is 9.47 Å². The zero-order chi connectivity index (χ0) is 28.5. The lowest BCUT2D eigenvalue weighted by atomic mass is 10.1. The summed E-state index contributed by atoms with van der Waals surface area (Å²) in [5.41, 5.74) is 1.66. The molecule has 40 heavy (non-hydrogen) atoms. The number of ether oxygens (including phenoxy) is 2. The fraction of sp³-hybridized carbons (Fsp3) is 0.595. The van der Waals surface area contributed by atoms with Crippen molar-refractivity contribution >= 4 is 11.9 Å². The van der Waals surface area contributed by atoms with Crippen LogP contribution in [0.3, 0.4) is 0 Å². The van der Waals surface area contributed by atoms with E-state index in [-0.39, 0.29) is 5.78 Å². The first kappa shape index (κ1) is 33.7. The summed E-state index contributed by atoms with van der Waals surface area (Å²) in [5, 5.41) is 0. The largest absolute Gasteiger partial charge is 0.494 e. The highest BCUT2D eigenvalue weighted by Gasteiger charge is 2.03. The lowest BCUT2D eigenvalue weighted by Gasteiger charge is -2.07. The molecule has 0 spiro atoms. The van der Waals surface area contributed by atoms with E-state index in [2.05, 4.69) is 13.8 Å².